The van der Waals surface area contributed by atoms with Crippen LogP contribution in [0.15, 0.2) is 30.6 Å². The zero-order valence-corrected chi connectivity index (χ0v) is 17.8. The second kappa shape index (κ2) is 6.30. The first-order valence-corrected chi connectivity index (χ1v) is 11.2. The highest BCUT2D eigenvalue weighted by Crippen LogP contribution is 2.64. The van der Waals surface area contributed by atoms with E-state index >= 15 is 0 Å². The summed E-state index contributed by atoms with van der Waals surface area (Å²) in [6.45, 7) is 2.84. The highest BCUT2D eigenvalue weighted by Gasteiger charge is 2.61. The van der Waals surface area contributed by atoms with Crippen LogP contribution in [0.2, 0.25) is 5.28 Å². The summed E-state index contributed by atoms with van der Waals surface area (Å²) >= 11 is 6.04. The normalized spacial score (nSPS) is 32.1. The molecule has 4 aliphatic rings. The number of carbonyl (C=O) groups is 1. The number of para-hydroxylation sites is 2. The Morgan fingerprint density at radius 3 is 2.70 bits per heavy atom. The standard InChI is InChI=1S/C22H25ClN6O/c1-2-28-17-6-4-3-5-16(17)25-20(28)26-18(30)21-8-14-7-15(9-21)11-22(10-14,12-21)29-13-24-19(23)27-29/h3-6,13-15H,2,7-12H2,1H3,(H,25,26,30). The molecule has 4 aliphatic carbocycles. The minimum Gasteiger partial charge on any atom is -0.310 e. The van der Waals surface area contributed by atoms with E-state index in [0.29, 0.717) is 17.8 Å². The van der Waals surface area contributed by atoms with Gasteiger partial charge in [-0.1, -0.05) is 12.1 Å². The lowest BCUT2D eigenvalue weighted by Crippen LogP contribution is -2.60. The Balaban J connectivity index is 1.36. The van der Waals surface area contributed by atoms with Crippen molar-refractivity contribution in [3.05, 3.63) is 35.9 Å². The molecular formula is C22H25ClN6O. The number of carbonyl (C=O) groups excluding carboxylic acids is 1. The van der Waals surface area contributed by atoms with Crippen LogP contribution in [-0.2, 0) is 16.9 Å². The van der Waals surface area contributed by atoms with Gasteiger partial charge in [-0.05, 0) is 81.0 Å². The third-order valence-electron chi connectivity index (χ3n) is 7.66. The van der Waals surface area contributed by atoms with Crippen LogP contribution in [0.3, 0.4) is 0 Å². The first-order valence-electron chi connectivity index (χ1n) is 10.8. The van der Waals surface area contributed by atoms with E-state index < -0.39 is 0 Å². The number of benzene rings is 1. The Morgan fingerprint density at radius 1 is 1.23 bits per heavy atom. The number of fused-ring (bicyclic) bond motifs is 1. The molecule has 2 aromatic heterocycles. The van der Waals surface area contributed by atoms with Crippen molar-refractivity contribution in [2.45, 2.75) is 57.5 Å². The first-order chi connectivity index (χ1) is 14.5. The number of anilines is 1. The largest absolute Gasteiger partial charge is 0.310 e. The summed E-state index contributed by atoms with van der Waals surface area (Å²) in [5.74, 6) is 1.85. The Morgan fingerprint density at radius 2 is 2.00 bits per heavy atom. The van der Waals surface area contributed by atoms with Crippen LogP contribution in [0.1, 0.15) is 45.4 Å². The SMILES string of the molecule is CCn1c(NC(=O)C23CC4CC(C2)CC(n2cnc(Cl)n2)(C4)C3)nc2ccccc21. The van der Waals surface area contributed by atoms with Crippen molar-refractivity contribution in [3.8, 4) is 0 Å². The summed E-state index contributed by atoms with van der Waals surface area (Å²) < 4.78 is 4.04. The Labute approximate surface area is 179 Å². The van der Waals surface area contributed by atoms with Crippen LogP contribution in [0, 0.1) is 17.3 Å². The number of nitrogens with one attached hydrogen (secondary N) is 1. The monoisotopic (exact) mass is 424 g/mol. The van der Waals surface area contributed by atoms with Gasteiger partial charge in [0.15, 0.2) is 0 Å². The van der Waals surface area contributed by atoms with E-state index in [1.54, 1.807) is 6.33 Å². The lowest BCUT2D eigenvalue weighted by molar-refractivity contribution is -0.150. The van der Waals surface area contributed by atoms with E-state index in [1.807, 2.05) is 22.9 Å². The Bertz CT molecular complexity index is 1140. The van der Waals surface area contributed by atoms with Gasteiger partial charge in [-0.25, -0.2) is 14.6 Å². The van der Waals surface area contributed by atoms with E-state index in [2.05, 4.69) is 33.0 Å². The van der Waals surface area contributed by atoms with Gasteiger partial charge in [0, 0.05) is 6.54 Å². The van der Waals surface area contributed by atoms with Crippen LogP contribution < -0.4 is 5.32 Å². The number of aryl methyl sites for hydroxylation is 1. The maximum absolute atomic E-state index is 13.8. The van der Waals surface area contributed by atoms with E-state index in [9.17, 15) is 4.79 Å². The van der Waals surface area contributed by atoms with Gasteiger partial charge in [0.1, 0.15) is 6.33 Å². The summed E-state index contributed by atoms with van der Waals surface area (Å²) in [5.41, 5.74) is 1.44. The molecule has 30 heavy (non-hydrogen) atoms. The van der Waals surface area contributed by atoms with Gasteiger partial charge in [0.25, 0.3) is 0 Å². The molecule has 156 valence electrons. The molecule has 4 saturated carbocycles. The second-order valence-electron chi connectivity index (χ2n) is 9.55. The van der Waals surface area contributed by atoms with Crippen LogP contribution in [0.25, 0.3) is 11.0 Å². The topological polar surface area (TPSA) is 77.6 Å². The van der Waals surface area contributed by atoms with Crippen molar-refractivity contribution in [3.63, 3.8) is 0 Å². The molecule has 1 aromatic carbocycles. The quantitative estimate of drug-likeness (QED) is 0.679. The van der Waals surface area contributed by atoms with Crippen molar-refractivity contribution in [1.82, 2.24) is 24.3 Å². The molecule has 8 heteroatoms. The lowest BCUT2D eigenvalue weighted by Gasteiger charge is -2.60. The molecule has 2 unspecified atom stereocenters. The van der Waals surface area contributed by atoms with E-state index in [4.69, 9.17) is 16.6 Å². The predicted molar refractivity (Wildman–Crippen MR) is 114 cm³/mol. The molecule has 2 atom stereocenters. The summed E-state index contributed by atoms with van der Waals surface area (Å²) in [6.07, 6.45) is 7.78. The number of imidazole rings is 1. The minimum absolute atomic E-state index is 0.109. The maximum Gasteiger partial charge on any atom is 0.242 e. The van der Waals surface area contributed by atoms with Crippen molar-refractivity contribution >= 4 is 34.5 Å². The molecule has 4 fully saturated rings. The molecule has 2 heterocycles. The Hall–Kier alpha value is -2.41. The molecule has 0 radical (unpaired) electrons. The Kier molecular flexibility index (Phi) is 3.85. The third-order valence-corrected chi connectivity index (χ3v) is 7.83. The maximum atomic E-state index is 13.8. The number of rotatable bonds is 4. The number of amides is 1. The van der Waals surface area contributed by atoms with Gasteiger partial charge in [-0.15, -0.1) is 5.10 Å². The van der Waals surface area contributed by atoms with E-state index in [0.717, 1.165) is 49.7 Å². The van der Waals surface area contributed by atoms with E-state index in [-0.39, 0.29) is 22.1 Å². The molecular weight excluding hydrogens is 400 g/mol. The lowest BCUT2D eigenvalue weighted by atomic mass is 9.46. The average molecular weight is 425 g/mol. The van der Waals surface area contributed by atoms with Gasteiger partial charge in [-0.3, -0.25) is 10.1 Å². The molecule has 0 spiro atoms. The molecule has 3 aromatic rings. The summed E-state index contributed by atoms with van der Waals surface area (Å²) in [5, 5.41) is 7.96. The van der Waals surface area contributed by atoms with Gasteiger partial charge < -0.3 is 4.57 Å². The van der Waals surface area contributed by atoms with Crippen molar-refractivity contribution in [1.29, 1.82) is 0 Å². The van der Waals surface area contributed by atoms with Gasteiger partial charge in [0.2, 0.25) is 17.1 Å². The number of hydrogen-bond acceptors (Lipinski definition) is 4. The van der Waals surface area contributed by atoms with Gasteiger partial charge >= 0.3 is 0 Å². The fourth-order valence-corrected chi connectivity index (χ4v) is 7.07. The van der Waals surface area contributed by atoms with Gasteiger partial charge in [-0.2, -0.15) is 0 Å². The molecule has 4 bridgehead atoms. The molecule has 7 rings (SSSR count). The number of aromatic nitrogens is 5. The first kappa shape index (κ1) is 18.4. The molecule has 7 nitrogen and oxygen atoms in total. The van der Waals surface area contributed by atoms with Crippen LogP contribution in [0.5, 0.6) is 0 Å². The third kappa shape index (κ3) is 2.57. The van der Waals surface area contributed by atoms with Crippen LogP contribution in [0.4, 0.5) is 5.95 Å². The average Bonchev–Trinajstić information content (AvgIpc) is 3.30. The van der Waals surface area contributed by atoms with Crippen LogP contribution in [-0.4, -0.2) is 30.2 Å². The molecule has 0 saturated heterocycles. The van der Waals surface area contributed by atoms with Crippen molar-refractivity contribution < 1.29 is 4.79 Å². The van der Waals surface area contributed by atoms with Crippen LogP contribution >= 0.6 is 11.6 Å². The summed E-state index contributed by atoms with van der Waals surface area (Å²) in [6, 6.07) is 8.03. The summed E-state index contributed by atoms with van der Waals surface area (Å²) in [4.78, 5) is 22.6. The summed E-state index contributed by atoms with van der Waals surface area (Å²) in [7, 11) is 0. The highest BCUT2D eigenvalue weighted by molar-refractivity contribution is 6.28. The van der Waals surface area contributed by atoms with Crippen molar-refractivity contribution in [2.24, 2.45) is 17.3 Å². The zero-order chi connectivity index (χ0) is 20.5. The minimum atomic E-state index is -0.376. The van der Waals surface area contributed by atoms with Crippen molar-refractivity contribution in [2.75, 3.05) is 5.32 Å². The predicted octanol–water partition coefficient (Wildman–Crippen LogP) is 4.24. The smallest absolute Gasteiger partial charge is 0.242 e. The van der Waals surface area contributed by atoms with Gasteiger partial charge in [0.05, 0.1) is 22.0 Å². The molecule has 1 N–H and O–H groups in total. The molecule has 0 aliphatic heterocycles. The fourth-order valence-electron chi connectivity index (χ4n) is 6.94. The number of hydrogen-bond donors (Lipinski definition) is 1. The molecule has 1 amide bonds. The van der Waals surface area contributed by atoms with E-state index in [1.165, 1.54) is 6.42 Å². The fraction of sp³-hybridized carbons (Fsp3) is 0.545. The zero-order valence-electron chi connectivity index (χ0n) is 17.0. The number of halogens is 1. The second-order valence-corrected chi connectivity index (χ2v) is 9.88. The number of nitrogens with zero attached hydrogens (tertiary/aromatic N) is 5. The highest BCUT2D eigenvalue weighted by atomic mass is 35.5.